The van der Waals surface area contributed by atoms with E-state index in [-0.39, 0.29) is 18.1 Å². The van der Waals surface area contributed by atoms with Crippen LogP contribution in [0.4, 0.5) is 4.39 Å². The van der Waals surface area contributed by atoms with Gasteiger partial charge in [-0.25, -0.2) is 4.39 Å². The van der Waals surface area contributed by atoms with Crippen LogP contribution in [0.1, 0.15) is 12.0 Å². The highest BCUT2D eigenvalue weighted by Crippen LogP contribution is 2.06. The van der Waals surface area contributed by atoms with Crippen molar-refractivity contribution in [3.05, 3.63) is 35.6 Å². The number of rotatable bonds is 8. The number of carbonyl (C=O) groups excluding carboxylic acids is 1. The topological polar surface area (TPSA) is 55.6 Å². The first-order chi connectivity index (χ1) is 9.52. The summed E-state index contributed by atoms with van der Waals surface area (Å²) in [5.41, 5.74) is 6.23. The number of nitrogens with two attached hydrogens (primary N) is 1. The van der Waals surface area contributed by atoms with Gasteiger partial charge in [-0.15, -0.1) is 0 Å². The predicted octanol–water partition coefficient (Wildman–Crippen LogP) is 1.52. The fourth-order valence-corrected chi connectivity index (χ4v) is 1.79. The molecular formula is C14H19FN2O2S. The van der Waals surface area contributed by atoms with Crippen LogP contribution in [0.3, 0.4) is 0 Å². The van der Waals surface area contributed by atoms with Crippen molar-refractivity contribution in [2.75, 3.05) is 26.8 Å². The van der Waals surface area contributed by atoms with Gasteiger partial charge in [0.15, 0.2) is 0 Å². The lowest BCUT2D eigenvalue weighted by Gasteiger charge is -2.22. The lowest BCUT2D eigenvalue weighted by atomic mass is 10.1. The molecule has 0 aliphatic carbocycles. The summed E-state index contributed by atoms with van der Waals surface area (Å²) in [7, 11) is 1.58. The van der Waals surface area contributed by atoms with Crippen LogP contribution in [0.15, 0.2) is 24.3 Å². The summed E-state index contributed by atoms with van der Waals surface area (Å²) in [6.45, 7) is 1.41. The molecule has 4 nitrogen and oxygen atoms in total. The summed E-state index contributed by atoms with van der Waals surface area (Å²) in [5, 5.41) is 0. The Balaban J connectivity index is 2.61. The van der Waals surface area contributed by atoms with Crippen molar-refractivity contribution in [3.8, 4) is 0 Å². The SMILES string of the molecule is COCCN(CCC(N)=S)C(=O)Cc1ccc(F)cc1. The average molecular weight is 298 g/mol. The highest BCUT2D eigenvalue weighted by Gasteiger charge is 2.14. The van der Waals surface area contributed by atoms with Gasteiger partial charge in [0.25, 0.3) is 0 Å². The van der Waals surface area contributed by atoms with Gasteiger partial charge in [-0.2, -0.15) is 0 Å². The normalized spacial score (nSPS) is 10.3. The average Bonchev–Trinajstić information content (AvgIpc) is 2.41. The van der Waals surface area contributed by atoms with Crippen LogP contribution in [-0.2, 0) is 16.0 Å². The second-order valence-corrected chi connectivity index (χ2v) is 4.92. The number of ether oxygens (including phenoxy) is 1. The van der Waals surface area contributed by atoms with E-state index in [0.717, 1.165) is 5.56 Å². The third-order valence-corrected chi connectivity index (χ3v) is 3.02. The molecule has 0 saturated carbocycles. The molecule has 0 bridgehead atoms. The van der Waals surface area contributed by atoms with E-state index in [1.54, 1.807) is 24.1 Å². The molecule has 0 spiro atoms. The van der Waals surface area contributed by atoms with Gasteiger partial charge in [-0.05, 0) is 17.7 Å². The van der Waals surface area contributed by atoms with Gasteiger partial charge in [0.2, 0.25) is 5.91 Å². The molecule has 2 N–H and O–H groups in total. The van der Waals surface area contributed by atoms with E-state index in [9.17, 15) is 9.18 Å². The molecule has 1 rings (SSSR count). The van der Waals surface area contributed by atoms with E-state index < -0.39 is 0 Å². The minimum Gasteiger partial charge on any atom is -0.393 e. The Morgan fingerprint density at radius 2 is 2.00 bits per heavy atom. The van der Waals surface area contributed by atoms with E-state index in [0.29, 0.717) is 31.1 Å². The number of methoxy groups -OCH3 is 1. The largest absolute Gasteiger partial charge is 0.393 e. The monoisotopic (exact) mass is 298 g/mol. The van der Waals surface area contributed by atoms with Crippen LogP contribution in [0.25, 0.3) is 0 Å². The molecular weight excluding hydrogens is 279 g/mol. The minimum absolute atomic E-state index is 0.0510. The molecule has 1 amide bonds. The minimum atomic E-state index is -0.314. The quantitative estimate of drug-likeness (QED) is 0.739. The first kappa shape index (κ1) is 16.5. The van der Waals surface area contributed by atoms with Crippen LogP contribution in [0, 0.1) is 5.82 Å². The smallest absolute Gasteiger partial charge is 0.227 e. The molecule has 1 aromatic carbocycles. The predicted molar refractivity (Wildman–Crippen MR) is 80.0 cm³/mol. The third-order valence-electron chi connectivity index (χ3n) is 2.81. The standard InChI is InChI=1S/C14H19FN2O2S/c1-19-9-8-17(7-6-13(16)20)14(18)10-11-2-4-12(15)5-3-11/h2-5H,6-10H2,1H3,(H2,16,20). The Morgan fingerprint density at radius 3 is 2.55 bits per heavy atom. The summed E-state index contributed by atoms with van der Waals surface area (Å²) in [6.07, 6.45) is 0.704. The lowest BCUT2D eigenvalue weighted by molar-refractivity contribution is -0.131. The molecule has 0 atom stereocenters. The Hall–Kier alpha value is -1.53. The lowest BCUT2D eigenvalue weighted by Crippen LogP contribution is -2.37. The summed E-state index contributed by atoms with van der Waals surface area (Å²) in [4.78, 5) is 14.2. The second kappa shape index (κ2) is 8.60. The number of halogens is 1. The number of hydrogen-bond donors (Lipinski definition) is 1. The summed E-state index contributed by atoms with van der Waals surface area (Å²) in [5.74, 6) is -0.365. The van der Waals surface area contributed by atoms with Crippen molar-refractivity contribution in [2.24, 2.45) is 5.73 Å². The van der Waals surface area contributed by atoms with Gasteiger partial charge in [0.05, 0.1) is 18.0 Å². The maximum Gasteiger partial charge on any atom is 0.227 e. The van der Waals surface area contributed by atoms with Crippen molar-refractivity contribution < 1.29 is 13.9 Å². The van der Waals surface area contributed by atoms with Crippen molar-refractivity contribution in [1.29, 1.82) is 0 Å². The highest BCUT2D eigenvalue weighted by molar-refractivity contribution is 7.80. The Labute approximate surface area is 123 Å². The van der Waals surface area contributed by atoms with Gasteiger partial charge in [0, 0.05) is 26.6 Å². The van der Waals surface area contributed by atoms with E-state index in [1.165, 1.54) is 12.1 Å². The number of nitrogens with zero attached hydrogens (tertiary/aromatic N) is 1. The van der Waals surface area contributed by atoms with Crippen molar-refractivity contribution in [2.45, 2.75) is 12.8 Å². The fourth-order valence-electron chi connectivity index (χ4n) is 1.70. The van der Waals surface area contributed by atoms with Crippen molar-refractivity contribution in [3.63, 3.8) is 0 Å². The number of amides is 1. The molecule has 0 fully saturated rings. The second-order valence-electron chi connectivity index (χ2n) is 4.39. The zero-order valence-corrected chi connectivity index (χ0v) is 12.3. The Bertz CT molecular complexity index is 451. The molecule has 1 aromatic rings. The van der Waals surface area contributed by atoms with Crippen LogP contribution in [-0.4, -0.2) is 42.6 Å². The molecule has 0 heterocycles. The molecule has 0 unspecified atom stereocenters. The summed E-state index contributed by atoms with van der Waals surface area (Å²) < 4.78 is 17.8. The Morgan fingerprint density at radius 1 is 1.35 bits per heavy atom. The van der Waals surface area contributed by atoms with Gasteiger partial charge in [-0.3, -0.25) is 4.79 Å². The van der Waals surface area contributed by atoms with Gasteiger partial charge in [0.1, 0.15) is 5.82 Å². The number of benzene rings is 1. The van der Waals surface area contributed by atoms with Gasteiger partial charge >= 0.3 is 0 Å². The van der Waals surface area contributed by atoms with E-state index >= 15 is 0 Å². The van der Waals surface area contributed by atoms with Gasteiger partial charge in [-0.1, -0.05) is 24.4 Å². The van der Waals surface area contributed by atoms with E-state index in [2.05, 4.69) is 0 Å². The van der Waals surface area contributed by atoms with Crippen LogP contribution in [0.5, 0.6) is 0 Å². The molecule has 0 saturated heterocycles. The maximum atomic E-state index is 12.8. The number of carbonyl (C=O) groups is 1. The third kappa shape index (κ3) is 6.08. The first-order valence-corrected chi connectivity index (χ1v) is 6.73. The molecule has 0 aromatic heterocycles. The van der Waals surface area contributed by atoms with E-state index in [1.807, 2.05) is 0 Å². The summed E-state index contributed by atoms with van der Waals surface area (Å²) >= 11 is 4.82. The number of hydrogen-bond acceptors (Lipinski definition) is 3. The maximum absolute atomic E-state index is 12.8. The zero-order valence-electron chi connectivity index (χ0n) is 11.5. The molecule has 0 radical (unpaired) electrons. The molecule has 0 aliphatic rings. The highest BCUT2D eigenvalue weighted by atomic mass is 32.1. The fraction of sp³-hybridized carbons (Fsp3) is 0.429. The summed E-state index contributed by atoms with van der Waals surface area (Å²) in [6, 6.07) is 5.90. The van der Waals surface area contributed by atoms with Crippen LogP contribution >= 0.6 is 12.2 Å². The van der Waals surface area contributed by atoms with Gasteiger partial charge < -0.3 is 15.4 Å². The molecule has 20 heavy (non-hydrogen) atoms. The molecule has 110 valence electrons. The van der Waals surface area contributed by atoms with Crippen molar-refractivity contribution >= 4 is 23.1 Å². The first-order valence-electron chi connectivity index (χ1n) is 6.32. The molecule has 0 aliphatic heterocycles. The van der Waals surface area contributed by atoms with Crippen LogP contribution in [0.2, 0.25) is 0 Å². The van der Waals surface area contributed by atoms with Crippen LogP contribution < -0.4 is 5.73 Å². The zero-order chi connectivity index (χ0) is 15.0. The molecule has 6 heteroatoms. The Kier molecular flexibility index (Phi) is 7.11. The van der Waals surface area contributed by atoms with E-state index in [4.69, 9.17) is 22.7 Å². The van der Waals surface area contributed by atoms with Crippen molar-refractivity contribution in [1.82, 2.24) is 4.90 Å². The number of thiocarbonyl (C=S) groups is 1.